The van der Waals surface area contributed by atoms with E-state index < -0.39 is 0 Å². The third-order valence-corrected chi connectivity index (χ3v) is 4.98. The van der Waals surface area contributed by atoms with Crippen molar-refractivity contribution in [1.29, 1.82) is 0 Å². The van der Waals surface area contributed by atoms with E-state index in [9.17, 15) is 9.18 Å². The van der Waals surface area contributed by atoms with Gasteiger partial charge in [0.1, 0.15) is 5.82 Å². The molecule has 1 aromatic carbocycles. The third kappa shape index (κ3) is 3.64. The van der Waals surface area contributed by atoms with Gasteiger partial charge in [0.05, 0.1) is 4.88 Å². The van der Waals surface area contributed by atoms with Crippen molar-refractivity contribution in [3.63, 3.8) is 0 Å². The number of benzene rings is 1. The number of halogens is 2. The summed E-state index contributed by atoms with van der Waals surface area (Å²) in [4.78, 5) is 13.9. The van der Waals surface area contributed by atoms with Crippen molar-refractivity contribution in [3.8, 4) is 0 Å². The van der Waals surface area contributed by atoms with Gasteiger partial charge in [0.15, 0.2) is 5.78 Å². The zero-order valence-corrected chi connectivity index (χ0v) is 13.4. The second-order valence-electron chi connectivity index (χ2n) is 4.35. The minimum absolute atomic E-state index is 0.0960. The van der Waals surface area contributed by atoms with E-state index >= 15 is 0 Å². The highest BCUT2D eigenvalue weighted by molar-refractivity contribution is 9.10. The van der Waals surface area contributed by atoms with E-state index in [0.29, 0.717) is 10.4 Å². The molecule has 0 aliphatic carbocycles. The smallest absolute Gasteiger partial charge is 0.195 e. The summed E-state index contributed by atoms with van der Waals surface area (Å²) < 4.78 is 14.4. The van der Waals surface area contributed by atoms with Gasteiger partial charge in [-0.15, -0.1) is 11.3 Å². The van der Waals surface area contributed by atoms with E-state index in [1.807, 2.05) is 6.07 Å². The lowest BCUT2D eigenvalue weighted by molar-refractivity contribution is 0.105. The maximum absolute atomic E-state index is 13.4. The Morgan fingerprint density at radius 2 is 2.15 bits per heavy atom. The Hall–Kier alpha value is -1.26. The summed E-state index contributed by atoms with van der Waals surface area (Å²) in [6.07, 6.45) is 4.94. The van der Waals surface area contributed by atoms with Gasteiger partial charge < -0.3 is 0 Å². The predicted octanol–water partition coefficient (Wildman–Crippen LogP) is 5.50. The van der Waals surface area contributed by atoms with E-state index in [1.54, 1.807) is 18.2 Å². The molecule has 2 aromatic rings. The van der Waals surface area contributed by atoms with Gasteiger partial charge in [0.25, 0.3) is 0 Å². The van der Waals surface area contributed by atoms with Gasteiger partial charge in [-0.25, -0.2) is 4.39 Å². The van der Waals surface area contributed by atoms with E-state index in [-0.39, 0.29) is 11.6 Å². The van der Waals surface area contributed by atoms with Gasteiger partial charge in [-0.2, -0.15) is 0 Å². The summed E-state index contributed by atoms with van der Waals surface area (Å²) >= 11 is 4.96. The van der Waals surface area contributed by atoms with Gasteiger partial charge in [0.2, 0.25) is 0 Å². The van der Waals surface area contributed by atoms with Crippen LogP contribution in [0.2, 0.25) is 0 Å². The molecule has 0 saturated heterocycles. The first-order chi connectivity index (χ1) is 9.61. The fourth-order valence-electron chi connectivity index (χ4n) is 1.78. The first-order valence-corrected chi connectivity index (χ1v) is 7.98. The first kappa shape index (κ1) is 15.1. The molecule has 20 heavy (non-hydrogen) atoms. The van der Waals surface area contributed by atoms with Gasteiger partial charge in [0, 0.05) is 14.9 Å². The van der Waals surface area contributed by atoms with Crippen LogP contribution in [0, 0.1) is 5.82 Å². The van der Waals surface area contributed by atoms with Gasteiger partial charge in [-0.05, 0) is 46.6 Å². The molecule has 104 valence electrons. The summed E-state index contributed by atoms with van der Waals surface area (Å²) in [6.45, 7) is 2.10. The molecule has 0 radical (unpaired) electrons. The van der Waals surface area contributed by atoms with E-state index in [1.165, 1.54) is 34.4 Å². The molecule has 0 N–H and O–H groups in total. The van der Waals surface area contributed by atoms with Crippen LogP contribution in [0.4, 0.5) is 4.39 Å². The number of rotatable bonds is 5. The van der Waals surface area contributed by atoms with Crippen LogP contribution in [-0.4, -0.2) is 5.78 Å². The molecule has 0 fully saturated rings. The van der Waals surface area contributed by atoms with E-state index in [0.717, 1.165) is 17.3 Å². The summed E-state index contributed by atoms with van der Waals surface area (Å²) in [6, 6.07) is 8.23. The van der Waals surface area contributed by atoms with Crippen LogP contribution in [0.15, 0.2) is 40.9 Å². The summed E-state index contributed by atoms with van der Waals surface area (Å²) in [7, 11) is 0. The Bertz CT molecular complexity index is 646. The SMILES string of the molecule is CCCc1sc(C(=O)/C=C/c2ccccc2F)cc1Br. The lowest BCUT2D eigenvalue weighted by Gasteiger charge is -1.94. The normalized spacial score (nSPS) is 11.2. The lowest BCUT2D eigenvalue weighted by Crippen LogP contribution is -1.89. The summed E-state index contributed by atoms with van der Waals surface area (Å²) in [5.74, 6) is -0.420. The largest absolute Gasteiger partial charge is 0.288 e. The van der Waals surface area contributed by atoms with Crippen LogP contribution >= 0.6 is 27.3 Å². The molecule has 1 heterocycles. The number of aryl methyl sites for hydroxylation is 1. The highest BCUT2D eigenvalue weighted by Gasteiger charge is 2.10. The Labute approximate surface area is 130 Å². The van der Waals surface area contributed by atoms with Gasteiger partial charge >= 0.3 is 0 Å². The number of carbonyl (C=O) groups is 1. The molecule has 0 unspecified atom stereocenters. The van der Waals surface area contributed by atoms with Gasteiger partial charge in [-0.1, -0.05) is 31.5 Å². The standard InChI is InChI=1S/C16H14BrFOS/c1-2-5-15-12(17)10-16(20-15)14(19)9-8-11-6-3-4-7-13(11)18/h3-4,6-10H,2,5H2,1H3/b9-8+. The van der Waals surface area contributed by atoms with Crippen molar-refractivity contribution in [2.24, 2.45) is 0 Å². The average molecular weight is 353 g/mol. The number of allylic oxidation sites excluding steroid dienone is 1. The van der Waals surface area contributed by atoms with Crippen molar-refractivity contribution >= 4 is 39.1 Å². The minimum Gasteiger partial charge on any atom is -0.288 e. The second kappa shape index (κ2) is 6.95. The molecule has 0 aliphatic rings. The van der Waals surface area contributed by atoms with Crippen molar-refractivity contribution in [2.45, 2.75) is 19.8 Å². The van der Waals surface area contributed by atoms with Crippen LogP contribution in [0.5, 0.6) is 0 Å². The lowest BCUT2D eigenvalue weighted by atomic mass is 10.2. The van der Waals surface area contributed by atoms with Crippen LogP contribution in [0.1, 0.15) is 33.5 Å². The van der Waals surface area contributed by atoms with E-state index in [4.69, 9.17) is 0 Å². The zero-order chi connectivity index (χ0) is 14.5. The van der Waals surface area contributed by atoms with Crippen molar-refractivity contribution in [1.82, 2.24) is 0 Å². The van der Waals surface area contributed by atoms with Gasteiger partial charge in [-0.3, -0.25) is 4.79 Å². The fraction of sp³-hybridized carbons (Fsp3) is 0.188. The summed E-state index contributed by atoms with van der Waals surface area (Å²) in [5, 5.41) is 0. The maximum atomic E-state index is 13.4. The number of hydrogen-bond donors (Lipinski definition) is 0. The molecule has 0 aliphatic heterocycles. The van der Waals surface area contributed by atoms with Crippen molar-refractivity contribution < 1.29 is 9.18 Å². The quantitative estimate of drug-likeness (QED) is 0.513. The number of thiophene rings is 1. The third-order valence-electron chi connectivity index (χ3n) is 2.80. The minimum atomic E-state index is -0.324. The Kier molecular flexibility index (Phi) is 5.26. The van der Waals surface area contributed by atoms with Crippen LogP contribution in [-0.2, 0) is 6.42 Å². The Morgan fingerprint density at radius 1 is 1.40 bits per heavy atom. The van der Waals surface area contributed by atoms with Crippen molar-refractivity contribution in [2.75, 3.05) is 0 Å². The average Bonchev–Trinajstić information content (AvgIpc) is 2.80. The molecular weight excluding hydrogens is 339 g/mol. The zero-order valence-electron chi connectivity index (χ0n) is 11.0. The Morgan fingerprint density at radius 3 is 2.85 bits per heavy atom. The van der Waals surface area contributed by atoms with Crippen LogP contribution in [0.25, 0.3) is 6.08 Å². The maximum Gasteiger partial charge on any atom is 0.195 e. The molecular formula is C16H14BrFOS. The van der Waals surface area contributed by atoms with Crippen LogP contribution in [0.3, 0.4) is 0 Å². The summed E-state index contributed by atoms with van der Waals surface area (Å²) in [5.41, 5.74) is 0.422. The molecule has 0 spiro atoms. The molecule has 1 nitrogen and oxygen atoms in total. The molecule has 1 aromatic heterocycles. The van der Waals surface area contributed by atoms with Crippen molar-refractivity contribution in [3.05, 3.63) is 62.0 Å². The second-order valence-corrected chi connectivity index (χ2v) is 6.34. The predicted molar refractivity (Wildman–Crippen MR) is 85.8 cm³/mol. The first-order valence-electron chi connectivity index (χ1n) is 6.37. The number of carbonyl (C=O) groups excluding carboxylic acids is 1. The highest BCUT2D eigenvalue weighted by Crippen LogP contribution is 2.29. The molecule has 0 bridgehead atoms. The molecule has 4 heteroatoms. The monoisotopic (exact) mass is 352 g/mol. The van der Waals surface area contributed by atoms with E-state index in [2.05, 4.69) is 22.9 Å². The molecule has 0 amide bonds. The molecule has 0 atom stereocenters. The Balaban J connectivity index is 2.16. The highest BCUT2D eigenvalue weighted by atomic mass is 79.9. The topological polar surface area (TPSA) is 17.1 Å². The molecule has 0 saturated carbocycles. The number of hydrogen-bond acceptors (Lipinski definition) is 2. The van der Waals surface area contributed by atoms with Crippen LogP contribution < -0.4 is 0 Å². The molecule has 2 rings (SSSR count). The fourth-order valence-corrected chi connectivity index (χ4v) is 3.68. The number of ketones is 1.